The van der Waals surface area contributed by atoms with Gasteiger partial charge in [0.1, 0.15) is 10.3 Å². The third kappa shape index (κ3) is 3.75. The van der Waals surface area contributed by atoms with Gasteiger partial charge in [0, 0.05) is 23.1 Å². The summed E-state index contributed by atoms with van der Waals surface area (Å²) >= 11 is 9.18. The minimum absolute atomic E-state index is 0.442. The molecule has 0 saturated carbocycles. The molecule has 3 aromatic rings. The Hall–Kier alpha value is -1.03. The summed E-state index contributed by atoms with van der Waals surface area (Å²) in [5, 5.41) is 5.89. The highest BCUT2D eigenvalue weighted by Crippen LogP contribution is 2.42. The van der Waals surface area contributed by atoms with Crippen LogP contribution in [0.1, 0.15) is 49.6 Å². The SMILES string of the molecule is CCC(CC)c1c(Br)c(C)nn2c(-c3sc(N4CCOCC4)nc3Br)c(C)nc12. The highest BCUT2D eigenvalue weighted by Gasteiger charge is 2.26. The average Bonchev–Trinajstić information content (AvgIpc) is 3.25. The standard InChI is InChI=1S/C20H25Br2N5OS/c1-5-13(6-2)14-15(21)11(3)25-27-16(12(4)23-19(14)27)17-18(22)24-20(29-17)26-7-9-28-10-8-26/h13H,5-10H2,1-4H3. The molecule has 0 atom stereocenters. The van der Waals surface area contributed by atoms with Crippen molar-refractivity contribution in [2.75, 3.05) is 31.2 Å². The molecule has 1 fully saturated rings. The number of rotatable bonds is 5. The number of aryl methyl sites for hydroxylation is 2. The summed E-state index contributed by atoms with van der Waals surface area (Å²) in [4.78, 5) is 13.1. The molecule has 0 N–H and O–H groups in total. The molecule has 3 aromatic heterocycles. The van der Waals surface area contributed by atoms with Gasteiger partial charge in [-0.1, -0.05) is 25.2 Å². The molecule has 0 aromatic carbocycles. The normalized spacial score (nSPS) is 15.1. The van der Waals surface area contributed by atoms with E-state index in [0.717, 1.165) is 81.0 Å². The summed E-state index contributed by atoms with van der Waals surface area (Å²) < 4.78 is 9.43. The molecule has 0 radical (unpaired) electrons. The Morgan fingerprint density at radius 2 is 1.76 bits per heavy atom. The highest BCUT2D eigenvalue weighted by molar-refractivity contribution is 9.10. The summed E-state index contributed by atoms with van der Waals surface area (Å²) in [5.41, 5.74) is 5.17. The third-order valence-electron chi connectivity index (χ3n) is 5.54. The molecule has 6 nitrogen and oxygen atoms in total. The molecule has 29 heavy (non-hydrogen) atoms. The molecule has 0 bridgehead atoms. The van der Waals surface area contributed by atoms with Gasteiger partial charge in [-0.15, -0.1) is 0 Å². The maximum Gasteiger partial charge on any atom is 0.187 e. The van der Waals surface area contributed by atoms with Crippen molar-refractivity contribution in [1.82, 2.24) is 19.6 Å². The first kappa shape index (κ1) is 21.2. The molecule has 0 amide bonds. The number of imidazole rings is 1. The Kier molecular flexibility index (Phi) is 6.30. The van der Waals surface area contributed by atoms with E-state index >= 15 is 0 Å². The van der Waals surface area contributed by atoms with Crippen LogP contribution in [0.3, 0.4) is 0 Å². The zero-order chi connectivity index (χ0) is 20.7. The van der Waals surface area contributed by atoms with Crippen LogP contribution in [0.15, 0.2) is 9.08 Å². The van der Waals surface area contributed by atoms with E-state index in [-0.39, 0.29) is 0 Å². The predicted molar refractivity (Wildman–Crippen MR) is 125 cm³/mol. The number of aromatic nitrogens is 4. The molecular weight excluding hydrogens is 518 g/mol. The topological polar surface area (TPSA) is 55.5 Å². The second-order valence-corrected chi connectivity index (χ2v) is 9.85. The maximum absolute atomic E-state index is 5.48. The van der Waals surface area contributed by atoms with Gasteiger partial charge in [0.05, 0.1) is 29.5 Å². The summed E-state index contributed by atoms with van der Waals surface area (Å²) in [6.07, 6.45) is 2.14. The van der Waals surface area contributed by atoms with Crippen LogP contribution in [0, 0.1) is 13.8 Å². The average molecular weight is 543 g/mol. The van der Waals surface area contributed by atoms with Crippen molar-refractivity contribution in [2.45, 2.75) is 46.5 Å². The van der Waals surface area contributed by atoms with E-state index in [1.807, 2.05) is 4.52 Å². The summed E-state index contributed by atoms with van der Waals surface area (Å²) in [5.74, 6) is 0.442. The van der Waals surface area contributed by atoms with Crippen LogP contribution in [0.25, 0.3) is 16.2 Å². The van der Waals surface area contributed by atoms with Crippen LogP contribution in [0.5, 0.6) is 0 Å². The van der Waals surface area contributed by atoms with Crippen molar-refractivity contribution in [2.24, 2.45) is 0 Å². The maximum atomic E-state index is 5.48. The number of fused-ring (bicyclic) bond motifs is 1. The van der Waals surface area contributed by atoms with Crippen LogP contribution in [-0.2, 0) is 4.74 Å². The molecule has 1 aliphatic rings. The van der Waals surface area contributed by atoms with Crippen molar-refractivity contribution in [3.05, 3.63) is 26.0 Å². The van der Waals surface area contributed by atoms with Gasteiger partial charge in [0.2, 0.25) is 0 Å². The lowest BCUT2D eigenvalue weighted by atomic mass is 9.94. The largest absolute Gasteiger partial charge is 0.378 e. The molecule has 1 saturated heterocycles. The van der Waals surface area contributed by atoms with Gasteiger partial charge < -0.3 is 9.64 Å². The van der Waals surface area contributed by atoms with Crippen LogP contribution in [0.4, 0.5) is 5.13 Å². The third-order valence-corrected chi connectivity index (χ3v) is 8.50. The van der Waals surface area contributed by atoms with E-state index in [9.17, 15) is 0 Å². The van der Waals surface area contributed by atoms with E-state index < -0.39 is 0 Å². The molecule has 156 valence electrons. The van der Waals surface area contributed by atoms with Crippen molar-refractivity contribution in [1.29, 1.82) is 0 Å². The van der Waals surface area contributed by atoms with E-state index in [4.69, 9.17) is 19.8 Å². The Labute approximate surface area is 191 Å². The fraction of sp³-hybridized carbons (Fsp3) is 0.550. The Bertz CT molecular complexity index is 1040. The lowest BCUT2D eigenvalue weighted by Crippen LogP contribution is -2.36. The number of hydrogen-bond donors (Lipinski definition) is 0. The predicted octanol–water partition coefficient (Wildman–Crippen LogP) is 5.73. The van der Waals surface area contributed by atoms with Gasteiger partial charge in [-0.05, 0) is 64.5 Å². The van der Waals surface area contributed by atoms with E-state index in [1.165, 1.54) is 5.56 Å². The Morgan fingerprint density at radius 3 is 2.41 bits per heavy atom. The molecule has 0 spiro atoms. The number of halogens is 2. The first-order valence-corrected chi connectivity index (χ1v) is 12.4. The summed E-state index contributed by atoms with van der Waals surface area (Å²) in [6.45, 7) is 11.8. The van der Waals surface area contributed by atoms with Gasteiger partial charge in [-0.3, -0.25) is 0 Å². The van der Waals surface area contributed by atoms with Crippen molar-refractivity contribution in [3.63, 3.8) is 0 Å². The van der Waals surface area contributed by atoms with Crippen LogP contribution >= 0.6 is 43.2 Å². The number of hydrogen-bond acceptors (Lipinski definition) is 6. The minimum Gasteiger partial charge on any atom is -0.378 e. The Balaban J connectivity index is 1.89. The van der Waals surface area contributed by atoms with Crippen molar-refractivity contribution < 1.29 is 4.74 Å². The quantitative estimate of drug-likeness (QED) is 0.411. The van der Waals surface area contributed by atoms with Crippen LogP contribution < -0.4 is 4.90 Å². The lowest BCUT2D eigenvalue weighted by molar-refractivity contribution is 0.122. The minimum atomic E-state index is 0.442. The fourth-order valence-electron chi connectivity index (χ4n) is 3.92. The number of thiazole rings is 1. The number of ether oxygens (including phenoxy) is 1. The van der Waals surface area contributed by atoms with E-state index in [2.05, 4.69) is 64.5 Å². The smallest absolute Gasteiger partial charge is 0.187 e. The molecule has 4 rings (SSSR count). The zero-order valence-electron chi connectivity index (χ0n) is 17.1. The number of morpholine rings is 1. The van der Waals surface area contributed by atoms with Gasteiger partial charge in [0.15, 0.2) is 10.8 Å². The fourth-order valence-corrected chi connectivity index (χ4v) is 6.31. The molecule has 4 heterocycles. The molecule has 0 aliphatic carbocycles. The van der Waals surface area contributed by atoms with Gasteiger partial charge >= 0.3 is 0 Å². The zero-order valence-corrected chi connectivity index (χ0v) is 21.1. The van der Waals surface area contributed by atoms with E-state index in [0.29, 0.717) is 5.92 Å². The summed E-state index contributed by atoms with van der Waals surface area (Å²) in [7, 11) is 0. The molecule has 1 aliphatic heterocycles. The Morgan fingerprint density at radius 1 is 1.07 bits per heavy atom. The number of nitrogens with zero attached hydrogens (tertiary/aromatic N) is 5. The summed E-state index contributed by atoms with van der Waals surface area (Å²) in [6, 6.07) is 0. The molecule has 0 unspecified atom stereocenters. The molecular formula is C20H25Br2N5OS. The van der Waals surface area contributed by atoms with Gasteiger partial charge in [0.25, 0.3) is 0 Å². The first-order chi connectivity index (χ1) is 14.0. The van der Waals surface area contributed by atoms with Crippen LogP contribution in [-0.4, -0.2) is 45.9 Å². The lowest BCUT2D eigenvalue weighted by Gasteiger charge is -2.25. The van der Waals surface area contributed by atoms with Gasteiger partial charge in [-0.2, -0.15) is 5.10 Å². The monoisotopic (exact) mass is 541 g/mol. The number of anilines is 1. The first-order valence-electron chi connectivity index (χ1n) is 10.0. The van der Waals surface area contributed by atoms with E-state index in [1.54, 1.807) is 11.3 Å². The van der Waals surface area contributed by atoms with Gasteiger partial charge in [-0.25, -0.2) is 14.5 Å². The molecule has 9 heteroatoms. The highest BCUT2D eigenvalue weighted by atomic mass is 79.9. The van der Waals surface area contributed by atoms with Crippen molar-refractivity contribution in [3.8, 4) is 10.6 Å². The van der Waals surface area contributed by atoms with Crippen LogP contribution in [0.2, 0.25) is 0 Å². The second-order valence-electron chi connectivity index (χ2n) is 7.32. The van der Waals surface area contributed by atoms with Crippen molar-refractivity contribution >= 4 is 54.0 Å². The second kappa shape index (κ2) is 8.61.